The van der Waals surface area contributed by atoms with Crippen molar-refractivity contribution in [2.24, 2.45) is 17.2 Å². The molecule has 4 atom stereocenters. The first-order valence-corrected chi connectivity index (χ1v) is 14.4. The lowest BCUT2D eigenvalue weighted by atomic mass is 10.0. The van der Waals surface area contributed by atoms with Gasteiger partial charge in [-0.05, 0) is 69.2 Å². The van der Waals surface area contributed by atoms with E-state index < -0.39 is 47.9 Å². The average Bonchev–Trinajstić information content (AvgIpc) is 2.90. The molecule has 1 rings (SSSR count). The quantitative estimate of drug-likeness (QED) is 0.110. The Morgan fingerprint density at radius 3 is 1.87 bits per heavy atom. The van der Waals surface area contributed by atoms with Gasteiger partial charge in [0.15, 0.2) is 0 Å². The number of carboxylic acid groups (broad SMARTS) is 1. The summed E-state index contributed by atoms with van der Waals surface area (Å²) in [5, 5.41) is 17.7. The Bertz CT molecular complexity index is 860. The molecule has 0 heterocycles. The minimum Gasteiger partial charge on any atom is -0.480 e. The van der Waals surface area contributed by atoms with Crippen molar-refractivity contribution in [2.45, 2.75) is 75.5 Å². The highest BCUT2D eigenvalue weighted by molar-refractivity contribution is 7.98. The molecule has 214 valence electrons. The van der Waals surface area contributed by atoms with Crippen LogP contribution < -0.4 is 33.2 Å². The maximum atomic E-state index is 13.2. The number of aliphatic carboxylic acids is 1. The van der Waals surface area contributed by atoms with Crippen LogP contribution in [-0.2, 0) is 25.6 Å². The SMILES string of the molecule is CSCCC(NC(=O)C(CCCCN)NC(=O)C(N)CCCCN)C(=O)NC(Cc1ccccc1)C(=O)O. The van der Waals surface area contributed by atoms with Crippen LogP contribution in [0.3, 0.4) is 0 Å². The number of thioether (sulfide) groups is 1. The summed E-state index contributed by atoms with van der Waals surface area (Å²) in [5.41, 5.74) is 17.8. The van der Waals surface area contributed by atoms with Crippen molar-refractivity contribution >= 4 is 35.5 Å². The Morgan fingerprint density at radius 1 is 0.789 bits per heavy atom. The molecule has 1 aromatic carbocycles. The summed E-state index contributed by atoms with van der Waals surface area (Å²) >= 11 is 1.49. The maximum absolute atomic E-state index is 13.2. The van der Waals surface area contributed by atoms with E-state index in [9.17, 15) is 24.3 Å². The zero-order valence-corrected chi connectivity index (χ0v) is 23.0. The van der Waals surface area contributed by atoms with Gasteiger partial charge in [0.25, 0.3) is 0 Å². The van der Waals surface area contributed by atoms with Gasteiger partial charge in [-0.3, -0.25) is 14.4 Å². The molecule has 0 aliphatic carbocycles. The van der Waals surface area contributed by atoms with Crippen molar-refractivity contribution in [3.63, 3.8) is 0 Å². The molecule has 38 heavy (non-hydrogen) atoms. The van der Waals surface area contributed by atoms with E-state index in [0.717, 1.165) is 12.0 Å². The first-order valence-electron chi connectivity index (χ1n) is 13.1. The van der Waals surface area contributed by atoms with Crippen molar-refractivity contribution < 1.29 is 24.3 Å². The molecule has 0 aromatic heterocycles. The van der Waals surface area contributed by atoms with Gasteiger partial charge in [-0.2, -0.15) is 11.8 Å². The van der Waals surface area contributed by atoms with Crippen LogP contribution in [0.1, 0.15) is 50.5 Å². The highest BCUT2D eigenvalue weighted by atomic mass is 32.2. The second kappa shape index (κ2) is 19.4. The van der Waals surface area contributed by atoms with Gasteiger partial charge in [0, 0.05) is 6.42 Å². The van der Waals surface area contributed by atoms with Gasteiger partial charge in [0.05, 0.1) is 6.04 Å². The van der Waals surface area contributed by atoms with Crippen LogP contribution in [0.25, 0.3) is 0 Å². The van der Waals surface area contributed by atoms with Crippen molar-refractivity contribution in [3.05, 3.63) is 35.9 Å². The number of rotatable bonds is 20. The molecule has 0 bridgehead atoms. The van der Waals surface area contributed by atoms with E-state index in [-0.39, 0.29) is 6.42 Å². The molecule has 0 fully saturated rings. The van der Waals surface area contributed by atoms with Gasteiger partial charge in [-0.15, -0.1) is 0 Å². The van der Waals surface area contributed by atoms with Crippen molar-refractivity contribution in [2.75, 3.05) is 25.1 Å². The third-order valence-corrected chi connectivity index (χ3v) is 6.67. The van der Waals surface area contributed by atoms with Crippen LogP contribution in [0.2, 0.25) is 0 Å². The third-order valence-electron chi connectivity index (χ3n) is 6.03. The molecule has 0 aliphatic heterocycles. The molecule has 12 heteroatoms. The molecule has 11 nitrogen and oxygen atoms in total. The van der Waals surface area contributed by atoms with Crippen molar-refractivity contribution in [1.29, 1.82) is 0 Å². The number of hydrogen-bond donors (Lipinski definition) is 7. The predicted octanol–water partition coefficient (Wildman–Crippen LogP) is 0.107. The zero-order chi connectivity index (χ0) is 28.3. The Balaban J connectivity index is 2.94. The van der Waals surface area contributed by atoms with E-state index in [1.165, 1.54) is 11.8 Å². The van der Waals surface area contributed by atoms with E-state index in [2.05, 4.69) is 16.0 Å². The van der Waals surface area contributed by atoms with Gasteiger partial charge < -0.3 is 38.3 Å². The molecule has 0 radical (unpaired) electrons. The van der Waals surface area contributed by atoms with E-state index in [4.69, 9.17) is 17.2 Å². The molecule has 0 spiro atoms. The molecule has 1 aromatic rings. The lowest BCUT2D eigenvalue weighted by molar-refractivity contribution is -0.142. The third kappa shape index (κ3) is 13.2. The highest BCUT2D eigenvalue weighted by Crippen LogP contribution is 2.08. The number of carbonyl (C=O) groups excluding carboxylic acids is 3. The van der Waals surface area contributed by atoms with Gasteiger partial charge >= 0.3 is 5.97 Å². The summed E-state index contributed by atoms with van der Waals surface area (Å²) in [5.74, 6) is -2.19. The minimum atomic E-state index is -1.17. The number of carboxylic acids is 1. The molecule has 10 N–H and O–H groups in total. The first-order chi connectivity index (χ1) is 18.2. The second-order valence-electron chi connectivity index (χ2n) is 9.17. The monoisotopic (exact) mass is 552 g/mol. The summed E-state index contributed by atoms with van der Waals surface area (Å²) in [4.78, 5) is 50.8. The number of hydrogen-bond acceptors (Lipinski definition) is 8. The normalized spacial score (nSPS) is 14.1. The smallest absolute Gasteiger partial charge is 0.326 e. The van der Waals surface area contributed by atoms with Gasteiger partial charge in [-0.1, -0.05) is 36.8 Å². The fourth-order valence-corrected chi connectivity index (χ4v) is 4.25. The van der Waals surface area contributed by atoms with Crippen LogP contribution in [0.15, 0.2) is 30.3 Å². The van der Waals surface area contributed by atoms with Crippen molar-refractivity contribution in [1.82, 2.24) is 16.0 Å². The Labute approximate surface area is 229 Å². The Morgan fingerprint density at radius 2 is 1.32 bits per heavy atom. The molecule has 4 unspecified atom stereocenters. The van der Waals surface area contributed by atoms with E-state index in [1.807, 2.05) is 12.3 Å². The number of nitrogens with two attached hydrogens (primary N) is 3. The number of carbonyl (C=O) groups is 4. The molecular formula is C26H44N6O5S. The topological polar surface area (TPSA) is 203 Å². The van der Waals surface area contributed by atoms with Crippen LogP contribution in [0.5, 0.6) is 0 Å². The summed E-state index contributed by atoms with van der Waals surface area (Å²) in [6.07, 6.45) is 5.73. The molecule has 3 amide bonds. The van der Waals surface area contributed by atoms with Crippen LogP contribution >= 0.6 is 11.8 Å². The minimum absolute atomic E-state index is 0.102. The number of benzene rings is 1. The highest BCUT2D eigenvalue weighted by Gasteiger charge is 2.30. The average molecular weight is 553 g/mol. The fraction of sp³-hybridized carbons (Fsp3) is 0.615. The molecule has 0 saturated carbocycles. The molecular weight excluding hydrogens is 508 g/mol. The number of amides is 3. The van der Waals surface area contributed by atoms with E-state index in [0.29, 0.717) is 57.4 Å². The molecule has 0 saturated heterocycles. The van der Waals surface area contributed by atoms with Gasteiger partial charge in [0.1, 0.15) is 18.1 Å². The summed E-state index contributed by atoms with van der Waals surface area (Å²) in [6.45, 7) is 0.948. The van der Waals surface area contributed by atoms with Gasteiger partial charge in [-0.25, -0.2) is 4.79 Å². The fourth-order valence-electron chi connectivity index (χ4n) is 3.78. The Hall–Kier alpha value is -2.67. The molecule has 0 aliphatic rings. The van der Waals surface area contributed by atoms with Gasteiger partial charge in [0.2, 0.25) is 17.7 Å². The first kappa shape index (κ1) is 33.4. The lowest BCUT2D eigenvalue weighted by Gasteiger charge is -2.25. The van der Waals surface area contributed by atoms with E-state index in [1.54, 1.807) is 24.3 Å². The van der Waals surface area contributed by atoms with Crippen LogP contribution in [-0.4, -0.2) is 78.1 Å². The maximum Gasteiger partial charge on any atom is 0.326 e. The zero-order valence-electron chi connectivity index (χ0n) is 22.2. The standard InChI is InChI=1S/C26H44N6O5S/c1-38-16-13-21(25(35)32-22(26(36)37)17-18-9-3-2-4-10-18)31-24(34)20(12-6-8-15-28)30-23(33)19(29)11-5-7-14-27/h2-4,9-10,19-22H,5-8,11-17,27-29H2,1H3,(H,30,33)(H,31,34)(H,32,35)(H,36,37). The lowest BCUT2D eigenvalue weighted by Crippen LogP contribution is -2.57. The van der Waals surface area contributed by atoms with E-state index >= 15 is 0 Å². The Kier molecular flexibility index (Phi) is 17.0. The van der Waals surface area contributed by atoms with Crippen LogP contribution in [0, 0.1) is 0 Å². The van der Waals surface area contributed by atoms with Crippen molar-refractivity contribution in [3.8, 4) is 0 Å². The summed E-state index contributed by atoms with van der Waals surface area (Å²) < 4.78 is 0. The number of unbranched alkanes of at least 4 members (excludes halogenated alkanes) is 2. The summed E-state index contributed by atoms with van der Waals surface area (Å²) in [7, 11) is 0. The second-order valence-corrected chi connectivity index (χ2v) is 10.2. The predicted molar refractivity (Wildman–Crippen MR) is 150 cm³/mol. The van der Waals surface area contributed by atoms with Crippen LogP contribution in [0.4, 0.5) is 0 Å². The number of nitrogens with one attached hydrogen (secondary N) is 3. The summed E-state index contributed by atoms with van der Waals surface area (Å²) in [6, 6.07) is 5.15. The largest absolute Gasteiger partial charge is 0.480 e.